The lowest BCUT2D eigenvalue weighted by molar-refractivity contribution is -0.150. The van der Waals surface area contributed by atoms with E-state index in [-0.39, 0.29) is 28.3 Å². The predicted molar refractivity (Wildman–Crippen MR) is 95.4 cm³/mol. The molecule has 5 aliphatic rings. The first kappa shape index (κ1) is 14.6. The molecular formula is C21H26N2O2. The molecule has 25 heavy (non-hydrogen) atoms. The fraction of sp³-hybridized carbons (Fsp3) is 0.667. The number of esters is 1. The van der Waals surface area contributed by atoms with Crippen LogP contribution in [0, 0.1) is 17.3 Å². The summed E-state index contributed by atoms with van der Waals surface area (Å²) >= 11 is 0. The lowest BCUT2D eigenvalue weighted by atomic mass is 9.56. The molecule has 2 saturated carbocycles. The Morgan fingerprint density at radius 1 is 1.28 bits per heavy atom. The van der Waals surface area contributed by atoms with Crippen molar-refractivity contribution < 1.29 is 9.53 Å². The van der Waals surface area contributed by atoms with Crippen molar-refractivity contribution in [1.82, 2.24) is 4.90 Å². The van der Waals surface area contributed by atoms with Crippen LogP contribution in [0.25, 0.3) is 0 Å². The maximum atomic E-state index is 12.9. The third kappa shape index (κ3) is 1.23. The molecule has 1 aromatic rings. The molecule has 0 aromatic heterocycles. The summed E-state index contributed by atoms with van der Waals surface area (Å²) in [6, 6.07) is 9.42. The van der Waals surface area contributed by atoms with Gasteiger partial charge in [-0.25, -0.2) is 0 Å². The van der Waals surface area contributed by atoms with Gasteiger partial charge in [0, 0.05) is 17.1 Å². The van der Waals surface area contributed by atoms with Gasteiger partial charge in [-0.15, -0.1) is 0 Å². The zero-order valence-electron chi connectivity index (χ0n) is 15.0. The Morgan fingerprint density at radius 3 is 2.96 bits per heavy atom. The minimum atomic E-state index is -0.173. The molecule has 2 aliphatic carbocycles. The number of methoxy groups -OCH3 is 1. The number of piperidine rings is 1. The molecule has 3 spiro atoms. The minimum absolute atomic E-state index is 0.00844. The maximum Gasteiger partial charge on any atom is 0.311 e. The molecule has 132 valence electrons. The van der Waals surface area contributed by atoms with Gasteiger partial charge >= 0.3 is 5.97 Å². The fourth-order valence-corrected chi connectivity index (χ4v) is 8.44. The third-order valence-electron chi connectivity index (χ3n) is 8.91. The summed E-state index contributed by atoms with van der Waals surface area (Å²) in [5, 5.41) is 3.96. The van der Waals surface area contributed by atoms with E-state index in [1.54, 1.807) is 7.11 Å². The van der Waals surface area contributed by atoms with Crippen LogP contribution >= 0.6 is 0 Å². The first-order chi connectivity index (χ1) is 12.1. The van der Waals surface area contributed by atoms with Crippen molar-refractivity contribution in [3.63, 3.8) is 0 Å². The first-order valence-electron chi connectivity index (χ1n) is 9.81. The van der Waals surface area contributed by atoms with Crippen molar-refractivity contribution in [2.75, 3.05) is 25.5 Å². The van der Waals surface area contributed by atoms with Crippen LogP contribution in [0.1, 0.15) is 38.2 Å². The zero-order chi connectivity index (χ0) is 17.0. The quantitative estimate of drug-likeness (QED) is 0.800. The second-order valence-electron chi connectivity index (χ2n) is 9.04. The molecule has 6 unspecified atom stereocenters. The second kappa shape index (κ2) is 4.22. The Hall–Kier alpha value is -1.55. The van der Waals surface area contributed by atoms with Gasteiger partial charge in [-0.3, -0.25) is 9.69 Å². The molecule has 1 N–H and O–H groups in total. The topological polar surface area (TPSA) is 41.6 Å². The number of hydrogen-bond donors (Lipinski definition) is 1. The lowest BCUT2D eigenvalue weighted by Gasteiger charge is -2.52. The molecule has 0 amide bonds. The van der Waals surface area contributed by atoms with Crippen molar-refractivity contribution in [2.24, 2.45) is 17.3 Å². The lowest BCUT2D eigenvalue weighted by Crippen LogP contribution is -2.63. The Morgan fingerprint density at radius 2 is 2.12 bits per heavy atom. The highest BCUT2D eigenvalue weighted by molar-refractivity contribution is 5.82. The number of para-hydroxylation sites is 1. The molecule has 6 atom stereocenters. The van der Waals surface area contributed by atoms with Crippen molar-refractivity contribution in [2.45, 2.75) is 49.6 Å². The Bertz CT molecular complexity index is 794. The average Bonchev–Trinajstić information content (AvgIpc) is 3.29. The number of carbonyl (C=O) groups excluding carboxylic acids is 1. The SMILES string of the molecule is COC(=O)C1CC23CCCN4CCC5(c6ccccc6NC15C2C)C43. The number of nitrogens with zero attached hydrogens (tertiary/aromatic N) is 1. The molecule has 6 rings (SSSR count). The minimum Gasteiger partial charge on any atom is -0.469 e. The number of anilines is 1. The summed E-state index contributed by atoms with van der Waals surface area (Å²) in [6.45, 7) is 4.82. The van der Waals surface area contributed by atoms with Crippen LogP contribution in [0.4, 0.5) is 5.69 Å². The van der Waals surface area contributed by atoms with Gasteiger partial charge in [0.25, 0.3) is 0 Å². The fourth-order valence-electron chi connectivity index (χ4n) is 8.44. The van der Waals surface area contributed by atoms with E-state index in [1.807, 2.05) is 0 Å². The first-order valence-corrected chi connectivity index (χ1v) is 9.81. The molecule has 4 nitrogen and oxygen atoms in total. The molecule has 4 fully saturated rings. The molecule has 0 radical (unpaired) electrons. The Kier molecular flexibility index (Phi) is 2.47. The normalized spacial score (nSPS) is 48.6. The highest BCUT2D eigenvalue weighted by Gasteiger charge is 2.86. The standard InChI is InChI=1S/C21H26N2O2/c1-13-19-8-5-10-23-11-9-20(18(19)23)14-6-3-4-7-16(14)22-21(13,20)15(12-19)17(24)25-2/h3-4,6-7,13,15,18,22H,5,8-12H2,1-2H3. The van der Waals surface area contributed by atoms with Crippen LogP contribution in [0.2, 0.25) is 0 Å². The van der Waals surface area contributed by atoms with E-state index in [1.165, 1.54) is 43.6 Å². The van der Waals surface area contributed by atoms with Crippen molar-refractivity contribution in [3.05, 3.63) is 29.8 Å². The number of carbonyl (C=O) groups is 1. The van der Waals surface area contributed by atoms with Gasteiger partial charge < -0.3 is 10.1 Å². The number of ether oxygens (including phenoxy) is 1. The van der Waals surface area contributed by atoms with Gasteiger partial charge in [-0.2, -0.15) is 0 Å². The van der Waals surface area contributed by atoms with Crippen LogP contribution < -0.4 is 5.32 Å². The summed E-state index contributed by atoms with van der Waals surface area (Å²) in [5.41, 5.74) is 2.88. The molecule has 3 aliphatic heterocycles. The second-order valence-corrected chi connectivity index (χ2v) is 9.04. The van der Waals surface area contributed by atoms with Gasteiger partial charge in [0.1, 0.15) is 0 Å². The summed E-state index contributed by atoms with van der Waals surface area (Å²) < 4.78 is 5.32. The highest BCUT2D eigenvalue weighted by Crippen LogP contribution is 2.79. The van der Waals surface area contributed by atoms with E-state index in [9.17, 15) is 4.79 Å². The van der Waals surface area contributed by atoms with Crippen LogP contribution in [0.3, 0.4) is 0 Å². The van der Waals surface area contributed by atoms with Crippen molar-refractivity contribution in [1.29, 1.82) is 0 Å². The van der Waals surface area contributed by atoms with Crippen molar-refractivity contribution in [3.8, 4) is 0 Å². The van der Waals surface area contributed by atoms with Gasteiger partial charge in [0.15, 0.2) is 0 Å². The third-order valence-corrected chi connectivity index (χ3v) is 8.91. The molecule has 3 heterocycles. The Balaban J connectivity index is 1.67. The number of hydrogen-bond acceptors (Lipinski definition) is 4. The van der Waals surface area contributed by atoms with Gasteiger partial charge in [0.2, 0.25) is 0 Å². The number of rotatable bonds is 1. The number of fused-ring (bicyclic) bond motifs is 1. The number of benzene rings is 1. The van der Waals surface area contributed by atoms with Gasteiger partial charge in [0.05, 0.1) is 18.6 Å². The molecule has 4 heteroatoms. The predicted octanol–water partition coefficient (Wildman–Crippen LogP) is 2.79. The monoisotopic (exact) mass is 338 g/mol. The molecule has 1 aromatic carbocycles. The van der Waals surface area contributed by atoms with Crippen LogP contribution in [0.15, 0.2) is 24.3 Å². The highest BCUT2D eigenvalue weighted by atomic mass is 16.5. The maximum absolute atomic E-state index is 12.9. The van der Waals surface area contributed by atoms with Gasteiger partial charge in [-0.05, 0) is 61.7 Å². The van der Waals surface area contributed by atoms with Crippen molar-refractivity contribution >= 4 is 11.7 Å². The largest absolute Gasteiger partial charge is 0.469 e. The van der Waals surface area contributed by atoms with E-state index in [2.05, 4.69) is 41.4 Å². The Labute approximate surface area is 148 Å². The van der Waals surface area contributed by atoms with E-state index < -0.39 is 0 Å². The number of nitrogens with one attached hydrogen (secondary N) is 1. The molecule has 2 saturated heterocycles. The summed E-state index contributed by atoms with van der Waals surface area (Å²) in [5.74, 6) is 0.449. The van der Waals surface area contributed by atoms with E-state index in [4.69, 9.17) is 4.74 Å². The van der Waals surface area contributed by atoms with Crippen LogP contribution in [-0.2, 0) is 14.9 Å². The van der Waals surface area contributed by atoms with Crippen LogP contribution in [-0.4, -0.2) is 42.6 Å². The zero-order valence-corrected chi connectivity index (χ0v) is 15.0. The molecular weight excluding hydrogens is 312 g/mol. The van der Waals surface area contributed by atoms with E-state index >= 15 is 0 Å². The average molecular weight is 338 g/mol. The molecule has 2 bridgehead atoms. The summed E-state index contributed by atoms with van der Waals surface area (Å²) in [6.07, 6.45) is 4.69. The van der Waals surface area contributed by atoms with E-state index in [0.717, 1.165) is 6.42 Å². The van der Waals surface area contributed by atoms with Crippen LogP contribution in [0.5, 0.6) is 0 Å². The summed E-state index contributed by atoms with van der Waals surface area (Å²) in [7, 11) is 1.56. The van der Waals surface area contributed by atoms with E-state index in [0.29, 0.717) is 12.0 Å². The summed E-state index contributed by atoms with van der Waals surface area (Å²) in [4.78, 5) is 15.7. The smallest absolute Gasteiger partial charge is 0.311 e. The van der Waals surface area contributed by atoms with Gasteiger partial charge in [-0.1, -0.05) is 25.1 Å².